The van der Waals surface area contributed by atoms with Crippen molar-refractivity contribution >= 4 is 18.2 Å². The molecule has 0 fully saturated rings. The summed E-state index contributed by atoms with van der Waals surface area (Å²) >= 11 is 1.65. The van der Waals surface area contributed by atoms with Gasteiger partial charge in [-0.3, -0.25) is 4.79 Å². The molecule has 1 radical (unpaired) electrons. The van der Waals surface area contributed by atoms with Crippen LogP contribution < -0.4 is 5.32 Å². The average Bonchev–Trinajstić information content (AvgIpc) is 1.91. The molecule has 0 heterocycles. The smallest absolute Gasteiger partial charge is 0.309 e. The highest BCUT2D eigenvalue weighted by Crippen LogP contribution is 2.04. The van der Waals surface area contributed by atoms with Crippen LogP contribution in [0.25, 0.3) is 0 Å². The summed E-state index contributed by atoms with van der Waals surface area (Å²) < 4.78 is 0. The summed E-state index contributed by atoms with van der Waals surface area (Å²) in [4.78, 5) is 9.66. The Kier molecular flexibility index (Phi) is 5.41. The lowest BCUT2D eigenvalue weighted by Crippen LogP contribution is -2.21. The molecule has 1 unspecified atom stereocenters. The van der Waals surface area contributed by atoms with Gasteiger partial charge in [0.15, 0.2) is 0 Å². The van der Waals surface area contributed by atoms with Gasteiger partial charge in [-0.1, -0.05) is 6.08 Å². The summed E-state index contributed by atoms with van der Waals surface area (Å²) in [7, 11) is 0. The molecule has 0 aromatic carbocycles. The Morgan fingerprint density at radius 2 is 2.67 bits per heavy atom. The lowest BCUT2D eigenvalue weighted by Gasteiger charge is -2.05. The van der Waals surface area contributed by atoms with E-state index in [1.807, 2.05) is 6.26 Å². The highest BCUT2D eigenvalue weighted by molar-refractivity contribution is 7.99. The van der Waals surface area contributed by atoms with Crippen LogP contribution in [0.4, 0.5) is 0 Å². The third-order valence-corrected chi connectivity index (χ3v) is 1.91. The second kappa shape index (κ2) is 5.69. The highest BCUT2D eigenvalue weighted by atomic mass is 32.2. The molecule has 0 aliphatic heterocycles. The van der Waals surface area contributed by atoms with Crippen LogP contribution in [0.2, 0.25) is 0 Å². The Labute approximate surface area is 59.7 Å². The Hall–Kier alpha value is -0.440. The lowest BCUT2D eigenvalue weighted by molar-refractivity contribution is 0.543. The first kappa shape index (κ1) is 8.56. The van der Waals surface area contributed by atoms with E-state index >= 15 is 0 Å². The summed E-state index contributed by atoms with van der Waals surface area (Å²) in [5.74, 6) is 0. The SMILES string of the molecule is C=CC(CN[C]=O)SC. The molecular formula is C6H10NOS. The molecule has 3 heteroatoms. The minimum Gasteiger partial charge on any atom is -0.346 e. The Morgan fingerprint density at radius 3 is 3.00 bits per heavy atom. The normalized spacial score (nSPS) is 12.1. The van der Waals surface area contributed by atoms with E-state index < -0.39 is 0 Å². The molecular weight excluding hydrogens is 134 g/mol. The minimum atomic E-state index is 0.312. The number of hydrogen-bond donors (Lipinski definition) is 1. The number of thioether (sulfide) groups is 1. The topological polar surface area (TPSA) is 29.1 Å². The zero-order valence-corrected chi connectivity index (χ0v) is 6.20. The van der Waals surface area contributed by atoms with E-state index in [-0.39, 0.29) is 0 Å². The number of amides is 1. The van der Waals surface area contributed by atoms with E-state index in [2.05, 4.69) is 11.9 Å². The monoisotopic (exact) mass is 144 g/mol. The third-order valence-electron chi connectivity index (χ3n) is 0.941. The minimum absolute atomic E-state index is 0.312. The van der Waals surface area contributed by atoms with Crippen molar-refractivity contribution in [2.75, 3.05) is 12.8 Å². The maximum Gasteiger partial charge on any atom is 0.309 e. The van der Waals surface area contributed by atoms with Crippen molar-refractivity contribution in [3.63, 3.8) is 0 Å². The van der Waals surface area contributed by atoms with E-state index in [1.165, 1.54) is 0 Å². The summed E-state index contributed by atoms with van der Waals surface area (Å²) in [5, 5.41) is 2.76. The van der Waals surface area contributed by atoms with Crippen LogP contribution in [0.5, 0.6) is 0 Å². The van der Waals surface area contributed by atoms with Gasteiger partial charge in [-0.15, -0.1) is 6.58 Å². The molecule has 51 valence electrons. The van der Waals surface area contributed by atoms with Crippen LogP contribution in [0, 0.1) is 0 Å². The predicted octanol–water partition coefficient (Wildman–Crippen LogP) is 0.561. The molecule has 0 aliphatic rings. The predicted molar refractivity (Wildman–Crippen MR) is 41.2 cm³/mol. The van der Waals surface area contributed by atoms with Gasteiger partial charge in [0.1, 0.15) is 0 Å². The lowest BCUT2D eigenvalue weighted by atomic mass is 10.4. The van der Waals surface area contributed by atoms with Gasteiger partial charge in [-0.2, -0.15) is 11.8 Å². The summed E-state index contributed by atoms with van der Waals surface area (Å²) in [6, 6.07) is 0. The van der Waals surface area contributed by atoms with Gasteiger partial charge in [0.05, 0.1) is 0 Å². The molecule has 0 saturated carbocycles. The van der Waals surface area contributed by atoms with Gasteiger partial charge in [-0.05, 0) is 6.26 Å². The molecule has 2 nitrogen and oxygen atoms in total. The van der Waals surface area contributed by atoms with Crippen LogP contribution in [-0.2, 0) is 4.79 Å². The van der Waals surface area contributed by atoms with Crippen molar-refractivity contribution in [3.8, 4) is 0 Å². The molecule has 0 saturated heterocycles. The second-order valence-corrected chi connectivity index (χ2v) is 2.57. The van der Waals surface area contributed by atoms with Gasteiger partial charge in [0.25, 0.3) is 0 Å². The molecule has 0 aliphatic carbocycles. The first-order valence-electron chi connectivity index (χ1n) is 2.60. The summed E-state index contributed by atoms with van der Waals surface area (Å²) in [5.41, 5.74) is 0. The largest absolute Gasteiger partial charge is 0.346 e. The van der Waals surface area contributed by atoms with Gasteiger partial charge in [-0.25, -0.2) is 0 Å². The Bertz CT molecular complexity index is 95.1. The molecule has 1 amide bonds. The Balaban J connectivity index is 3.30. The molecule has 9 heavy (non-hydrogen) atoms. The number of nitrogens with one attached hydrogen (secondary N) is 1. The Morgan fingerprint density at radius 1 is 2.00 bits per heavy atom. The fourth-order valence-electron chi connectivity index (χ4n) is 0.405. The van der Waals surface area contributed by atoms with Crippen LogP contribution in [0.15, 0.2) is 12.7 Å². The molecule has 0 bridgehead atoms. The molecule has 1 N–H and O–H groups in total. The van der Waals surface area contributed by atoms with Crippen molar-refractivity contribution in [3.05, 3.63) is 12.7 Å². The van der Waals surface area contributed by atoms with Crippen LogP contribution in [0.3, 0.4) is 0 Å². The van der Waals surface area contributed by atoms with Gasteiger partial charge in [0.2, 0.25) is 0 Å². The zero-order chi connectivity index (χ0) is 7.11. The first-order chi connectivity index (χ1) is 4.35. The first-order valence-corrected chi connectivity index (χ1v) is 3.89. The molecule has 0 aromatic rings. The van der Waals surface area contributed by atoms with Crippen molar-refractivity contribution in [1.82, 2.24) is 5.32 Å². The van der Waals surface area contributed by atoms with Crippen molar-refractivity contribution in [2.24, 2.45) is 0 Å². The van der Waals surface area contributed by atoms with E-state index in [9.17, 15) is 4.79 Å². The van der Waals surface area contributed by atoms with Crippen LogP contribution in [-0.4, -0.2) is 24.5 Å². The molecule has 0 spiro atoms. The second-order valence-electron chi connectivity index (χ2n) is 1.49. The molecule has 1 atom stereocenters. The van der Waals surface area contributed by atoms with Crippen molar-refractivity contribution in [1.29, 1.82) is 0 Å². The van der Waals surface area contributed by atoms with Crippen LogP contribution >= 0.6 is 11.8 Å². The van der Waals surface area contributed by atoms with Gasteiger partial charge in [0, 0.05) is 11.8 Å². The standard InChI is InChI=1S/C6H10NOS/c1-3-6(9-2)4-7-5-8/h3,6H,1,4H2,2H3,(H,7,8). The number of rotatable bonds is 5. The maximum absolute atomic E-state index is 9.66. The van der Waals surface area contributed by atoms with Crippen molar-refractivity contribution < 1.29 is 4.79 Å². The third kappa shape index (κ3) is 4.09. The van der Waals surface area contributed by atoms with E-state index in [1.54, 1.807) is 24.2 Å². The quantitative estimate of drug-likeness (QED) is 0.451. The average molecular weight is 144 g/mol. The number of hydrogen-bond acceptors (Lipinski definition) is 2. The highest BCUT2D eigenvalue weighted by Gasteiger charge is 1.97. The maximum atomic E-state index is 9.66. The fourth-order valence-corrected chi connectivity index (χ4v) is 0.848. The van der Waals surface area contributed by atoms with Gasteiger partial charge >= 0.3 is 6.41 Å². The van der Waals surface area contributed by atoms with Gasteiger partial charge < -0.3 is 5.32 Å². The summed E-state index contributed by atoms with van der Waals surface area (Å²) in [6.45, 7) is 4.21. The molecule has 0 rings (SSSR count). The van der Waals surface area contributed by atoms with Crippen LogP contribution in [0.1, 0.15) is 0 Å². The summed E-state index contributed by atoms with van der Waals surface area (Å²) in [6.07, 6.45) is 5.38. The van der Waals surface area contributed by atoms with E-state index in [4.69, 9.17) is 0 Å². The van der Waals surface area contributed by atoms with E-state index in [0.717, 1.165) is 0 Å². The molecule has 0 aromatic heterocycles. The zero-order valence-electron chi connectivity index (χ0n) is 5.39. The number of carbonyl (C=O) groups excluding carboxylic acids is 1. The fraction of sp³-hybridized carbons (Fsp3) is 0.500. The van der Waals surface area contributed by atoms with Crippen molar-refractivity contribution in [2.45, 2.75) is 5.25 Å². The van der Waals surface area contributed by atoms with E-state index in [0.29, 0.717) is 11.8 Å².